The largest absolute Gasteiger partial charge is 0.497 e. The van der Waals surface area contributed by atoms with Crippen molar-refractivity contribution in [3.63, 3.8) is 0 Å². The zero-order valence-electron chi connectivity index (χ0n) is 25.3. The van der Waals surface area contributed by atoms with Crippen molar-refractivity contribution >= 4 is 59.8 Å². The van der Waals surface area contributed by atoms with Gasteiger partial charge in [-0.2, -0.15) is 14.4 Å². The summed E-state index contributed by atoms with van der Waals surface area (Å²) in [6.07, 6.45) is 5.83. The van der Waals surface area contributed by atoms with Crippen molar-refractivity contribution in [1.29, 1.82) is 0 Å². The molecule has 3 aromatic carbocycles. The van der Waals surface area contributed by atoms with Gasteiger partial charge in [0.25, 0.3) is 5.91 Å². The van der Waals surface area contributed by atoms with Crippen molar-refractivity contribution in [2.75, 3.05) is 25.2 Å². The van der Waals surface area contributed by atoms with Gasteiger partial charge in [-0.05, 0) is 67.4 Å². The highest BCUT2D eigenvalue weighted by molar-refractivity contribution is 7.89. The number of unbranched alkanes of at least 4 members (excludes halogenated alkanes) is 2. The number of methoxy groups -OCH3 is 1. The highest BCUT2D eigenvalue weighted by Gasteiger charge is 2.26. The van der Waals surface area contributed by atoms with Crippen molar-refractivity contribution in [1.82, 2.24) is 9.29 Å². The van der Waals surface area contributed by atoms with Crippen LogP contribution in [0.5, 0.6) is 5.75 Å². The van der Waals surface area contributed by atoms with E-state index in [1.807, 2.05) is 19.9 Å². The first-order valence-electron chi connectivity index (χ1n) is 14.7. The maximum Gasteiger partial charge on any atom is 0.280 e. The maximum absolute atomic E-state index is 13.9. The van der Waals surface area contributed by atoms with Crippen LogP contribution in [0.15, 0.2) is 92.2 Å². The van der Waals surface area contributed by atoms with Crippen LogP contribution in [0.4, 0.5) is 5.13 Å². The molecule has 0 bridgehead atoms. The Balaban J connectivity index is 1.51. The summed E-state index contributed by atoms with van der Waals surface area (Å²) in [5.41, 5.74) is 1.12. The Hall–Kier alpha value is -4.39. The lowest BCUT2D eigenvalue weighted by Crippen LogP contribution is -2.33. The molecule has 45 heavy (non-hydrogen) atoms. The number of anilines is 1. The first-order valence-corrected chi connectivity index (χ1v) is 17.0. The number of thiazole rings is 1. The molecule has 0 unspecified atom stereocenters. The lowest BCUT2D eigenvalue weighted by Gasteiger charge is -2.22. The van der Waals surface area contributed by atoms with E-state index in [0.717, 1.165) is 35.4 Å². The zero-order valence-corrected chi connectivity index (χ0v) is 26.9. The summed E-state index contributed by atoms with van der Waals surface area (Å²) in [5.74, 6) is 0.0804. The minimum atomic E-state index is -3.74. The molecule has 0 radical (unpaired) electrons. The van der Waals surface area contributed by atoms with Crippen LogP contribution in [0.1, 0.15) is 55.5 Å². The van der Waals surface area contributed by atoms with Gasteiger partial charge >= 0.3 is 0 Å². The SMILES string of the molecule is CCCCN(CCCC)S(=O)(=O)c1ccc(C(=O)N(/N=C/c2coc3ccccc3c2=O)c2nc3ccc(OC)cc3s2)cc1. The van der Waals surface area contributed by atoms with Crippen molar-refractivity contribution in [2.24, 2.45) is 5.10 Å². The number of fused-ring (bicyclic) bond motifs is 2. The third kappa shape index (κ3) is 6.98. The number of rotatable bonds is 13. The normalized spacial score (nSPS) is 12.0. The van der Waals surface area contributed by atoms with Crippen LogP contribution in [-0.2, 0) is 10.0 Å². The number of amides is 1. The fourth-order valence-corrected chi connectivity index (χ4v) is 7.13. The number of carbonyl (C=O) groups is 1. The van der Waals surface area contributed by atoms with Crippen LogP contribution in [0.25, 0.3) is 21.2 Å². The number of carbonyl (C=O) groups excluding carboxylic acids is 1. The van der Waals surface area contributed by atoms with E-state index in [0.29, 0.717) is 35.3 Å². The summed E-state index contributed by atoms with van der Waals surface area (Å²) in [7, 11) is -2.18. The summed E-state index contributed by atoms with van der Waals surface area (Å²) in [6.45, 7) is 4.92. The van der Waals surface area contributed by atoms with Gasteiger partial charge in [0.15, 0.2) is 0 Å². The van der Waals surface area contributed by atoms with E-state index in [2.05, 4.69) is 10.1 Å². The number of benzene rings is 3. The summed E-state index contributed by atoms with van der Waals surface area (Å²) in [5, 5.41) is 6.14. The molecule has 0 aliphatic rings. The monoisotopic (exact) mass is 646 g/mol. The molecule has 0 fully saturated rings. The molecule has 0 aliphatic carbocycles. The second-order valence-electron chi connectivity index (χ2n) is 10.3. The summed E-state index contributed by atoms with van der Waals surface area (Å²) >= 11 is 1.22. The van der Waals surface area contributed by atoms with E-state index in [9.17, 15) is 18.0 Å². The molecule has 5 rings (SSSR count). The van der Waals surface area contributed by atoms with E-state index in [-0.39, 0.29) is 26.6 Å². The molecule has 5 aromatic rings. The van der Waals surface area contributed by atoms with Gasteiger partial charge in [0.2, 0.25) is 20.6 Å². The Morgan fingerprint density at radius 2 is 1.73 bits per heavy atom. The van der Waals surface area contributed by atoms with Gasteiger partial charge in [0.05, 0.1) is 39.4 Å². The van der Waals surface area contributed by atoms with Crippen LogP contribution < -0.4 is 15.2 Å². The summed E-state index contributed by atoms with van der Waals surface area (Å²) < 4.78 is 40.2. The van der Waals surface area contributed by atoms with E-state index in [4.69, 9.17) is 9.15 Å². The molecule has 0 saturated carbocycles. The molecule has 2 heterocycles. The maximum atomic E-state index is 13.9. The van der Waals surface area contributed by atoms with Crippen LogP contribution in [-0.4, -0.2) is 50.0 Å². The molecule has 0 atom stereocenters. The van der Waals surface area contributed by atoms with Crippen LogP contribution in [0.3, 0.4) is 0 Å². The number of aromatic nitrogens is 1. The molecule has 10 nitrogen and oxygen atoms in total. The smallest absolute Gasteiger partial charge is 0.280 e. The van der Waals surface area contributed by atoms with Crippen molar-refractivity contribution in [3.8, 4) is 5.75 Å². The fourth-order valence-electron chi connectivity index (χ4n) is 4.66. The van der Waals surface area contributed by atoms with E-state index >= 15 is 0 Å². The average Bonchev–Trinajstić information content (AvgIpc) is 3.48. The second kappa shape index (κ2) is 14.1. The number of hydrogen-bond donors (Lipinski definition) is 0. The molecule has 0 N–H and O–H groups in total. The van der Waals surface area contributed by atoms with E-state index in [1.54, 1.807) is 43.5 Å². The van der Waals surface area contributed by atoms with Crippen LogP contribution in [0.2, 0.25) is 0 Å². The molecular formula is C33H34N4O6S2. The summed E-state index contributed by atoms with van der Waals surface area (Å²) in [6, 6.07) is 18.0. The lowest BCUT2D eigenvalue weighted by atomic mass is 10.2. The van der Waals surface area contributed by atoms with Gasteiger partial charge in [-0.1, -0.05) is 50.2 Å². The number of ether oxygens (including phenoxy) is 1. The van der Waals surface area contributed by atoms with Gasteiger partial charge in [0, 0.05) is 18.7 Å². The van der Waals surface area contributed by atoms with E-state index < -0.39 is 15.9 Å². The molecule has 2 aromatic heterocycles. The zero-order chi connectivity index (χ0) is 32.0. The topological polar surface area (TPSA) is 122 Å². The Kier molecular flexibility index (Phi) is 10.1. The van der Waals surface area contributed by atoms with Gasteiger partial charge in [-0.15, -0.1) is 0 Å². The van der Waals surface area contributed by atoms with E-state index in [1.165, 1.54) is 52.4 Å². The first-order chi connectivity index (χ1) is 21.8. The molecule has 12 heteroatoms. The van der Waals surface area contributed by atoms with Gasteiger partial charge in [-0.3, -0.25) is 9.59 Å². The minimum absolute atomic E-state index is 0.113. The second-order valence-corrected chi connectivity index (χ2v) is 13.3. The van der Waals surface area contributed by atoms with Crippen molar-refractivity contribution < 1.29 is 22.4 Å². The molecular weight excluding hydrogens is 613 g/mol. The van der Waals surface area contributed by atoms with Gasteiger partial charge < -0.3 is 9.15 Å². The molecule has 0 spiro atoms. The molecule has 0 aliphatic heterocycles. The number of nitrogens with zero attached hydrogens (tertiary/aromatic N) is 4. The number of sulfonamides is 1. The first kappa shape index (κ1) is 32.0. The standard InChI is InChI=1S/C33H34N4O6S2/c1-4-6-18-36(19-7-5-2)45(40,41)26-15-12-23(13-16-26)32(39)37(33-35-28-17-14-25(42-3)20-30(28)44-33)34-21-24-22-43-29-11-9-8-10-27(29)31(24)38/h8-17,20-22H,4-7,18-19H2,1-3H3/b34-21+. The van der Waals surface area contributed by atoms with Gasteiger partial charge in [0.1, 0.15) is 17.6 Å². The Morgan fingerprint density at radius 3 is 2.42 bits per heavy atom. The Labute approximate surface area is 265 Å². The number of hydrogen-bond acceptors (Lipinski definition) is 9. The highest BCUT2D eigenvalue weighted by atomic mass is 32.2. The van der Waals surface area contributed by atoms with Crippen LogP contribution >= 0.6 is 11.3 Å². The predicted molar refractivity (Wildman–Crippen MR) is 178 cm³/mol. The Morgan fingerprint density at radius 1 is 1.02 bits per heavy atom. The summed E-state index contributed by atoms with van der Waals surface area (Å²) in [4.78, 5) is 31.8. The van der Waals surface area contributed by atoms with Crippen LogP contribution in [0, 0.1) is 0 Å². The highest BCUT2D eigenvalue weighted by Crippen LogP contribution is 2.32. The van der Waals surface area contributed by atoms with Gasteiger partial charge in [-0.25, -0.2) is 13.4 Å². The predicted octanol–water partition coefficient (Wildman–Crippen LogP) is 6.68. The molecule has 0 saturated heterocycles. The third-order valence-electron chi connectivity index (χ3n) is 7.24. The third-order valence-corrected chi connectivity index (χ3v) is 10.1. The minimum Gasteiger partial charge on any atom is -0.497 e. The number of para-hydroxylation sites is 1. The number of hydrazone groups is 1. The van der Waals surface area contributed by atoms with Crippen molar-refractivity contribution in [3.05, 3.63) is 94.3 Å². The fraction of sp³-hybridized carbons (Fsp3) is 0.273. The molecule has 1 amide bonds. The molecule has 234 valence electrons. The average molecular weight is 647 g/mol. The lowest BCUT2D eigenvalue weighted by molar-refractivity contribution is 0.0987. The quantitative estimate of drug-likeness (QED) is 0.103. The van der Waals surface area contributed by atoms with Crippen molar-refractivity contribution in [2.45, 2.75) is 44.4 Å². The Bertz CT molecular complexity index is 1990.